The lowest BCUT2D eigenvalue weighted by molar-refractivity contribution is 0.0783. The van der Waals surface area contributed by atoms with Crippen molar-refractivity contribution >= 4 is 17.5 Å². The van der Waals surface area contributed by atoms with E-state index in [4.69, 9.17) is 0 Å². The maximum Gasteiger partial charge on any atom is 0.262 e. The molecule has 31 heavy (non-hydrogen) atoms. The normalized spacial score (nSPS) is 12.9. The van der Waals surface area contributed by atoms with E-state index in [2.05, 4.69) is 4.98 Å². The zero-order valence-electron chi connectivity index (χ0n) is 17.2. The number of carbonyl (C=O) groups is 2. The summed E-state index contributed by atoms with van der Waals surface area (Å²) >= 11 is 0. The van der Waals surface area contributed by atoms with Crippen LogP contribution in [0.5, 0.6) is 11.5 Å². The van der Waals surface area contributed by atoms with E-state index < -0.39 is 0 Å². The minimum Gasteiger partial charge on any atom is -0.508 e. The lowest BCUT2D eigenvalue weighted by Gasteiger charge is -2.30. The molecule has 0 fully saturated rings. The molecular weight excluding hydrogens is 394 g/mol. The second-order valence-electron chi connectivity index (χ2n) is 7.59. The molecule has 2 heterocycles. The molecule has 1 aliphatic heterocycles. The first-order valence-electron chi connectivity index (χ1n) is 10.1. The summed E-state index contributed by atoms with van der Waals surface area (Å²) in [4.78, 5) is 33.4. The van der Waals surface area contributed by atoms with Gasteiger partial charge in [0.1, 0.15) is 11.5 Å². The Hall–Kier alpha value is -3.87. The van der Waals surface area contributed by atoms with Gasteiger partial charge >= 0.3 is 0 Å². The Labute approximate surface area is 180 Å². The molecule has 0 spiro atoms. The largest absolute Gasteiger partial charge is 0.508 e. The number of phenols is 2. The van der Waals surface area contributed by atoms with E-state index in [1.165, 1.54) is 12.1 Å². The predicted molar refractivity (Wildman–Crippen MR) is 116 cm³/mol. The van der Waals surface area contributed by atoms with Crippen molar-refractivity contribution in [1.29, 1.82) is 0 Å². The molecule has 0 bridgehead atoms. The molecular formula is C24H23N3O4. The summed E-state index contributed by atoms with van der Waals surface area (Å²) in [6.45, 7) is 0.917. The average molecular weight is 417 g/mol. The first kappa shape index (κ1) is 20.4. The number of carbonyl (C=O) groups excluding carboxylic acids is 2. The number of anilines is 1. The number of aromatic hydroxyl groups is 2. The third-order valence-electron chi connectivity index (χ3n) is 5.37. The van der Waals surface area contributed by atoms with E-state index in [1.807, 2.05) is 24.3 Å². The summed E-state index contributed by atoms with van der Waals surface area (Å²) in [7, 11) is 1.74. The van der Waals surface area contributed by atoms with Gasteiger partial charge < -0.3 is 20.0 Å². The number of aromatic nitrogens is 1. The highest BCUT2D eigenvalue weighted by atomic mass is 16.3. The lowest BCUT2D eigenvalue weighted by atomic mass is 9.97. The number of benzene rings is 2. The Morgan fingerprint density at radius 3 is 2.68 bits per heavy atom. The van der Waals surface area contributed by atoms with Crippen molar-refractivity contribution < 1.29 is 19.8 Å². The fraction of sp³-hybridized carbons (Fsp3) is 0.208. The van der Waals surface area contributed by atoms with Crippen LogP contribution in [0.2, 0.25) is 0 Å². The van der Waals surface area contributed by atoms with E-state index in [0.29, 0.717) is 18.7 Å². The van der Waals surface area contributed by atoms with Crippen LogP contribution in [-0.2, 0) is 13.0 Å². The topological polar surface area (TPSA) is 94.0 Å². The van der Waals surface area contributed by atoms with Gasteiger partial charge in [-0.3, -0.25) is 14.6 Å². The van der Waals surface area contributed by atoms with Crippen LogP contribution >= 0.6 is 0 Å². The van der Waals surface area contributed by atoms with Crippen LogP contribution in [0.4, 0.5) is 5.69 Å². The molecule has 1 aliphatic rings. The van der Waals surface area contributed by atoms with Crippen molar-refractivity contribution in [3.8, 4) is 11.5 Å². The standard InChI is InChI=1S/C24H23N3O4/c1-26(15-18-6-2-3-11-25-18)23(30)17-7-10-21-16(13-17)5-4-12-27(21)24(31)20-9-8-19(28)14-22(20)29/h2-3,6-11,13-14,28-29H,4-5,12,15H2,1H3. The van der Waals surface area contributed by atoms with E-state index in [0.717, 1.165) is 35.9 Å². The predicted octanol–water partition coefficient (Wildman–Crippen LogP) is 3.36. The summed E-state index contributed by atoms with van der Waals surface area (Å²) in [6, 6.07) is 14.9. The van der Waals surface area contributed by atoms with Crippen molar-refractivity contribution in [3.63, 3.8) is 0 Å². The van der Waals surface area contributed by atoms with Crippen LogP contribution in [0.15, 0.2) is 60.8 Å². The van der Waals surface area contributed by atoms with Gasteiger partial charge in [0.2, 0.25) is 0 Å². The van der Waals surface area contributed by atoms with E-state index in [-0.39, 0.29) is 28.9 Å². The Morgan fingerprint density at radius 1 is 1.10 bits per heavy atom. The van der Waals surface area contributed by atoms with Gasteiger partial charge in [-0.2, -0.15) is 0 Å². The lowest BCUT2D eigenvalue weighted by Crippen LogP contribution is -2.35. The number of nitrogens with zero attached hydrogens (tertiary/aromatic N) is 3. The van der Waals surface area contributed by atoms with Gasteiger partial charge in [-0.25, -0.2) is 0 Å². The maximum atomic E-state index is 13.0. The molecule has 0 saturated heterocycles. The van der Waals surface area contributed by atoms with Gasteiger partial charge in [0.15, 0.2) is 0 Å². The van der Waals surface area contributed by atoms with Gasteiger partial charge in [-0.1, -0.05) is 6.07 Å². The molecule has 158 valence electrons. The van der Waals surface area contributed by atoms with Crippen molar-refractivity contribution in [3.05, 3.63) is 83.2 Å². The van der Waals surface area contributed by atoms with E-state index in [1.54, 1.807) is 35.2 Å². The summed E-state index contributed by atoms with van der Waals surface area (Å²) in [5.74, 6) is -0.830. The molecule has 7 nitrogen and oxygen atoms in total. The molecule has 0 radical (unpaired) electrons. The fourth-order valence-corrected chi connectivity index (χ4v) is 3.81. The zero-order chi connectivity index (χ0) is 22.0. The fourth-order valence-electron chi connectivity index (χ4n) is 3.81. The Bertz CT molecular complexity index is 1130. The van der Waals surface area contributed by atoms with E-state index >= 15 is 0 Å². The SMILES string of the molecule is CN(Cc1ccccn1)C(=O)c1ccc2c(c1)CCCN2C(=O)c1ccc(O)cc1O. The Balaban J connectivity index is 1.57. The highest BCUT2D eigenvalue weighted by Gasteiger charge is 2.26. The summed E-state index contributed by atoms with van der Waals surface area (Å²) < 4.78 is 0. The van der Waals surface area contributed by atoms with Crippen molar-refractivity contribution in [1.82, 2.24) is 9.88 Å². The van der Waals surface area contributed by atoms with Crippen LogP contribution in [-0.4, -0.2) is 45.5 Å². The third-order valence-corrected chi connectivity index (χ3v) is 5.37. The van der Waals surface area contributed by atoms with Gasteiger partial charge in [-0.15, -0.1) is 0 Å². The van der Waals surface area contributed by atoms with Crippen LogP contribution in [0.3, 0.4) is 0 Å². The zero-order valence-corrected chi connectivity index (χ0v) is 17.2. The van der Waals surface area contributed by atoms with Crippen molar-refractivity contribution in [2.24, 2.45) is 0 Å². The quantitative estimate of drug-likeness (QED) is 0.679. The smallest absolute Gasteiger partial charge is 0.262 e. The highest BCUT2D eigenvalue weighted by Crippen LogP contribution is 2.32. The molecule has 2 aromatic carbocycles. The van der Waals surface area contributed by atoms with E-state index in [9.17, 15) is 19.8 Å². The van der Waals surface area contributed by atoms with Gasteiger partial charge in [0, 0.05) is 37.1 Å². The number of aryl methyl sites for hydroxylation is 1. The molecule has 1 aromatic heterocycles. The summed E-state index contributed by atoms with van der Waals surface area (Å²) in [6.07, 6.45) is 3.20. The molecule has 0 saturated carbocycles. The molecule has 2 N–H and O–H groups in total. The van der Waals surface area contributed by atoms with Crippen LogP contribution in [0.25, 0.3) is 0 Å². The Kier molecular flexibility index (Phi) is 5.58. The number of hydrogen-bond donors (Lipinski definition) is 2. The Morgan fingerprint density at radius 2 is 1.94 bits per heavy atom. The summed E-state index contributed by atoms with van der Waals surface area (Å²) in [5.41, 5.74) is 3.13. The van der Waals surface area contributed by atoms with Crippen LogP contribution in [0.1, 0.15) is 38.4 Å². The van der Waals surface area contributed by atoms with Crippen LogP contribution < -0.4 is 4.90 Å². The molecule has 7 heteroatoms. The monoisotopic (exact) mass is 417 g/mol. The van der Waals surface area contributed by atoms with Crippen molar-refractivity contribution in [2.45, 2.75) is 19.4 Å². The van der Waals surface area contributed by atoms with Crippen molar-refractivity contribution in [2.75, 3.05) is 18.5 Å². The first-order valence-corrected chi connectivity index (χ1v) is 10.1. The molecule has 2 amide bonds. The number of hydrogen-bond acceptors (Lipinski definition) is 5. The number of amides is 2. The van der Waals surface area contributed by atoms with Gasteiger partial charge in [-0.05, 0) is 60.9 Å². The number of rotatable bonds is 4. The molecule has 4 rings (SSSR count). The maximum absolute atomic E-state index is 13.0. The first-order chi connectivity index (χ1) is 14.9. The van der Waals surface area contributed by atoms with Gasteiger partial charge in [0.25, 0.3) is 11.8 Å². The van der Waals surface area contributed by atoms with Gasteiger partial charge in [0.05, 0.1) is 17.8 Å². The average Bonchev–Trinajstić information content (AvgIpc) is 2.78. The second kappa shape index (κ2) is 8.47. The highest BCUT2D eigenvalue weighted by molar-refractivity contribution is 6.08. The summed E-state index contributed by atoms with van der Waals surface area (Å²) in [5, 5.41) is 19.6. The second-order valence-corrected chi connectivity index (χ2v) is 7.59. The number of phenolic OH excluding ortho intramolecular Hbond substituents is 2. The number of fused-ring (bicyclic) bond motifs is 1. The molecule has 0 aliphatic carbocycles. The minimum atomic E-state index is -0.343. The minimum absolute atomic E-state index is 0.105. The third kappa shape index (κ3) is 4.21. The molecule has 0 atom stereocenters. The molecule has 3 aromatic rings. The number of pyridine rings is 1. The molecule has 0 unspecified atom stereocenters. The van der Waals surface area contributed by atoms with Crippen LogP contribution in [0, 0.1) is 0 Å².